The quantitative estimate of drug-likeness (QED) is 0.0320. The Morgan fingerprint density at radius 2 is 0.641 bits per heavy atom. The van der Waals surface area contributed by atoms with Gasteiger partial charge in [-0.3, -0.25) is 9.59 Å². The van der Waals surface area contributed by atoms with Crippen molar-refractivity contribution in [2.24, 2.45) is 0 Å². The Labute approximate surface area is 488 Å². The summed E-state index contributed by atoms with van der Waals surface area (Å²) in [7, 11) is 0. The molecule has 6 heteroatoms. The average Bonchev–Trinajstić information content (AvgIpc) is 3.44. The molecular formula is C72H139NO5. The van der Waals surface area contributed by atoms with Crippen molar-refractivity contribution < 1.29 is 24.5 Å². The summed E-state index contributed by atoms with van der Waals surface area (Å²) >= 11 is 0. The highest BCUT2D eigenvalue weighted by atomic mass is 16.5. The number of carbonyl (C=O) groups excluding carboxylic acids is 2. The second-order valence-corrected chi connectivity index (χ2v) is 24.6. The molecule has 0 fully saturated rings. The van der Waals surface area contributed by atoms with Crippen LogP contribution in [0.4, 0.5) is 0 Å². The smallest absolute Gasteiger partial charge is 0.305 e. The van der Waals surface area contributed by atoms with E-state index in [4.69, 9.17) is 4.74 Å². The maximum atomic E-state index is 12.5. The molecule has 0 bridgehead atoms. The number of aliphatic hydroxyl groups is 2. The molecule has 2 unspecified atom stereocenters. The zero-order chi connectivity index (χ0) is 56.4. The van der Waals surface area contributed by atoms with Crippen LogP contribution in [0.1, 0.15) is 399 Å². The van der Waals surface area contributed by atoms with E-state index in [0.29, 0.717) is 25.9 Å². The number of aliphatic hydroxyl groups excluding tert-OH is 2. The maximum absolute atomic E-state index is 12.5. The molecule has 0 rings (SSSR count). The van der Waals surface area contributed by atoms with Crippen LogP contribution >= 0.6 is 0 Å². The fourth-order valence-corrected chi connectivity index (χ4v) is 11.4. The highest BCUT2D eigenvalue weighted by Gasteiger charge is 2.20. The Kier molecular flexibility index (Phi) is 66.4. The highest BCUT2D eigenvalue weighted by molar-refractivity contribution is 5.76. The molecule has 0 aromatic carbocycles. The van der Waals surface area contributed by atoms with Gasteiger partial charge < -0.3 is 20.3 Å². The van der Waals surface area contributed by atoms with E-state index in [2.05, 4.69) is 43.5 Å². The maximum Gasteiger partial charge on any atom is 0.305 e. The summed E-state index contributed by atoms with van der Waals surface area (Å²) in [6.07, 6.45) is 85.2. The summed E-state index contributed by atoms with van der Waals surface area (Å²) < 4.78 is 5.44. The summed E-state index contributed by atoms with van der Waals surface area (Å²) in [6, 6.07) is -0.546. The Morgan fingerprint density at radius 3 is 0.974 bits per heavy atom. The number of hydrogen-bond acceptors (Lipinski definition) is 5. The molecule has 0 aliphatic rings. The number of allylic oxidation sites excluding steroid dienone is 3. The molecule has 6 nitrogen and oxygen atoms in total. The van der Waals surface area contributed by atoms with Gasteiger partial charge in [-0.25, -0.2) is 0 Å². The Morgan fingerprint density at radius 1 is 0.359 bits per heavy atom. The van der Waals surface area contributed by atoms with E-state index in [9.17, 15) is 19.8 Å². The lowest BCUT2D eigenvalue weighted by atomic mass is 10.0. The SMILES string of the molecule is CCCCCCCCCCCCCCCCCCCCCCCC(O)C(CO)NC(=O)CCCCCCCCCCCCCCCC/C=C\C/C=C\CCOC(=O)CCCCCCCCCCCCCCCCCCCCC. The van der Waals surface area contributed by atoms with Crippen molar-refractivity contribution in [3.63, 3.8) is 0 Å². The third-order valence-electron chi connectivity index (χ3n) is 16.8. The third-order valence-corrected chi connectivity index (χ3v) is 16.8. The second kappa shape index (κ2) is 67.8. The van der Waals surface area contributed by atoms with Gasteiger partial charge in [0, 0.05) is 12.8 Å². The standard InChI is InChI=1S/C72H139NO5/c1-3-5-7-9-11-13-15-17-19-21-23-25-29-32-36-40-44-48-52-56-60-64-70(75)69(68-74)73-71(76)65-61-57-53-49-45-41-37-33-30-26-24-27-31-35-39-43-47-51-55-59-63-67-78-72(77)66-62-58-54-50-46-42-38-34-28-22-20-18-16-14-12-10-8-6-4-2/h43,47,55,59,69-70,74-75H,3-42,44-46,48-54,56-58,60-68H2,1-2H3,(H,73,76)/b47-43-,59-55-. The molecule has 3 N–H and O–H groups in total. The van der Waals surface area contributed by atoms with Crippen LogP contribution in [0.5, 0.6) is 0 Å². The summed E-state index contributed by atoms with van der Waals surface area (Å²) in [4.78, 5) is 24.6. The first-order valence-electron chi connectivity index (χ1n) is 35.6. The summed E-state index contributed by atoms with van der Waals surface area (Å²) in [5.74, 6) is -0.0647. The minimum Gasteiger partial charge on any atom is -0.465 e. The van der Waals surface area contributed by atoms with E-state index >= 15 is 0 Å². The molecule has 462 valence electrons. The van der Waals surface area contributed by atoms with Gasteiger partial charge in [-0.15, -0.1) is 0 Å². The fraction of sp³-hybridized carbons (Fsp3) is 0.917. The number of hydrogen-bond donors (Lipinski definition) is 3. The number of esters is 1. The number of ether oxygens (including phenoxy) is 1. The van der Waals surface area contributed by atoms with Crippen molar-refractivity contribution in [1.82, 2.24) is 5.32 Å². The Hall–Kier alpha value is -1.66. The van der Waals surface area contributed by atoms with Crippen LogP contribution in [0.25, 0.3) is 0 Å². The Bertz CT molecular complexity index is 1220. The lowest BCUT2D eigenvalue weighted by Crippen LogP contribution is -2.45. The summed E-state index contributed by atoms with van der Waals surface area (Å²) in [5.41, 5.74) is 0. The van der Waals surface area contributed by atoms with Crippen molar-refractivity contribution in [2.45, 2.75) is 411 Å². The zero-order valence-corrected chi connectivity index (χ0v) is 52.9. The van der Waals surface area contributed by atoms with E-state index in [-0.39, 0.29) is 18.5 Å². The molecule has 1 amide bonds. The van der Waals surface area contributed by atoms with Crippen molar-refractivity contribution in [3.8, 4) is 0 Å². The van der Waals surface area contributed by atoms with Crippen molar-refractivity contribution in [3.05, 3.63) is 24.3 Å². The average molecular weight is 1100 g/mol. The summed E-state index contributed by atoms with van der Waals surface area (Å²) in [6.45, 7) is 4.89. The van der Waals surface area contributed by atoms with Gasteiger partial charge in [-0.2, -0.15) is 0 Å². The normalized spacial score (nSPS) is 12.6. The van der Waals surface area contributed by atoms with Gasteiger partial charge in [-0.05, 0) is 44.9 Å². The lowest BCUT2D eigenvalue weighted by Gasteiger charge is -2.22. The molecule has 0 heterocycles. The van der Waals surface area contributed by atoms with Gasteiger partial charge in [0.1, 0.15) is 0 Å². The van der Waals surface area contributed by atoms with E-state index < -0.39 is 12.1 Å². The highest BCUT2D eigenvalue weighted by Crippen LogP contribution is 2.19. The first kappa shape index (κ1) is 76.3. The van der Waals surface area contributed by atoms with E-state index in [1.54, 1.807) is 0 Å². The molecule has 0 aromatic heterocycles. The molecule has 0 spiro atoms. The van der Waals surface area contributed by atoms with E-state index in [1.165, 1.54) is 315 Å². The van der Waals surface area contributed by atoms with Crippen molar-refractivity contribution >= 4 is 11.9 Å². The zero-order valence-electron chi connectivity index (χ0n) is 52.9. The topological polar surface area (TPSA) is 95.9 Å². The first-order chi connectivity index (χ1) is 38.5. The third kappa shape index (κ3) is 63.5. The first-order valence-corrected chi connectivity index (χ1v) is 35.6. The second-order valence-electron chi connectivity index (χ2n) is 24.6. The van der Waals surface area contributed by atoms with Gasteiger partial charge in [-0.1, -0.05) is 366 Å². The predicted molar refractivity (Wildman–Crippen MR) is 343 cm³/mol. The largest absolute Gasteiger partial charge is 0.465 e. The van der Waals surface area contributed by atoms with Crippen LogP contribution in [0.15, 0.2) is 24.3 Å². The molecule has 0 aliphatic carbocycles. The van der Waals surface area contributed by atoms with E-state index in [0.717, 1.165) is 51.4 Å². The van der Waals surface area contributed by atoms with Crippen LogP contribution in [0, 0.1) is 0 Å². The van der Waals surface area contributed by atoms with Gasteiger partial charge in [0.25, 0.3) is 0 Å². The molecule has 0 saturated heterocycles. The molecular weight excluding hydrogens is 959 g/mol. The number of carbonyl (C=O) groups is 2. The number of amides is 1. The summed E-state index contributed by atoms with van der Waals surface area (Å²) in [5, 5.41) is 23.4. The van der Waals surface area contributed by atoms with Crippen LogP contribution in [0.2, 0.25) is 0 Å². The Balaban J connectivity index is 3.42. The molecule has 0 saturated carbocycles. The van der Waals surface area contributed by atoms with Gasteiger partial charge >= 0.3 is 5.97 Å². The van der Waals surface area contributed by atoms with Crippen LogP contribution in [-0.2, 0) is 14.3 Å². The van der Waals surface area contributed by atoms with Gasteiger partial charge in [0.05, 0.1) is 25.4 Å². The molecule has 0 radical (unpaired) electrons. The van der Waals surface area contributed by atoms with E-state index in [1.807, 2.05) is 0 Å². The van der Waals surface area contributed by atoms with Gasteiger partial charge in [0.15, 0.2) is 0 Å². The number of rotatable bonds is 67. The molecule has 0 aromatic rings. The molecule has 2 atom stereocenters. The van der Waals surface area contributed by atoms with Crippen LogP contribution in [0.3, 0.4) is 0 Å². The fourth-order valence-electron chi connectivity index (χ4n) is 11.4. The number of nitrogens with one attached hydrogen (secondary N) is 1. The molecule has 0 aliphatic heterocycles. The van der Waals surface area contributed by atoms with Crippen molar-refractivity contribution in [2.75, 3.05) is 13.2 Å². The monoisotopic (exact) mass is 1100 g/mol. The minimum atomic E-state index is -0.669. The molecule has 78 heavy (non-hydrogen) atoms. The number of unbranched alkanes of at least 4 members (excludes halogenated alkanes) is 52. The van der Waals surface area contributed by atoms with Crippen molar-refractivity contribution in [1.29, 1.82) is 0 Å². The van der Waals surface area contributed by atoms with Gasteiger partial charge in [0.2, 0.25) is 5.91 Å². The van der Waals surface area contributed by atoms with Crippen LogP contribution in [-0.4, -0.2) is 47.4 Å². The van der Waals surface area contributed by atoms with Crippen LogP contribution < -0.4 is 5.32 Å². The minimum absolute atomic E-state index is 0.0293. The predicted octanol–water partition coefficient (Wildman–Crippen LogP) is 22.9. The lowest BCUT2D eigenvalue weighted by molar-refractivity contribution is -0.143.